The van der Waals surface area contributed by atoms with Crippen molar-refractivity contribution in [1.29, 1.82) is 0 Å². The van der Waals surface area contributed by atoms with E-state index in [9.17, 15) is 0 Å². The van der Waals surface area contributed by atoms with Crippen molar-refractivity contribution < 1.29 is 0 Å². The van der Waals surface area contributed by atoms with Crippen LogP contribution in [0.1, 0.15) is 0 Å². The molecule has 0 atom stereocenters. The Morgan fingerprint density at radius 2 is 2.67 bits per heavy atom. The van der Waals surface area contributed by atoms with Gasteiger partial charge in [-0.2, -0.15) is 0 Å². The lowest BCUT2D eigenvalue weighted by Crippen LogP contribution is -2.32. The molecule has 0 unspecified atom stereocenters. The number of guanidine groups is 1. The lowest BCUT2D eigenvalue weighted by Gasteiger charge is -2.12. The van der Waals surface area contributed by atoms with Gasteiger partial charge in [0.2, 0.25) is 5.96 Å². The third kappa shape index (κ3) is 0.639. The summed E-state index contributed by atoms with van der Waals surface area (Å²) in [5.41, 5.74) is 2.99. The molecule has 0 aromatic rings. The van der Waals surface area contributed by atoms with Gasteiger partial charge in [0.05, 0.1) is 0 Å². The van der Waals surface area contributed by atoms with Gasteiger partial charge in [-0.05, 0) is 6.08 Å². The zero-order chi connectivity index (χ0) is 6.10. The predicted molar refractivity (Wildman–Crippen MR) is 34.9 cm³/mol. The summed E-state index contributed by atoms with van der Waals surface area (Å²) in [4.78, 5) is 8.03. The van der Waals surface area contributed by atoms with Gasteiger partial charge in [-0.3, -0.25) is 0 Å². The third-order valence-electron chi connectivity index (χ3n) is 1.19. The number of aliphatic imine (C=N–C) groups is 2. The zero-order valence-electron chi connectivity index (χ0n) is 4.78. The molecule has 0 bridgehead atoms. The van der Waals surface area contributed by atoms with Crippen LogP contribution in [0.3, 0.4) is 0 Å². The van der Waals surface area contributed by atoms with Crippen molar-refractivity contribution in [2.45, 2.75) is 0 Å². The van der Waals surface area contributed by atoms with Crippen molar-refractivity contribution >= 4 is 12.2 Å². The van der Waals surface area contributed by atoms with E-state index in [1.165, 1.54) is 0 Å². The van der Waals surface area contributed by atoms with Crippen LogP contribution in [0.15, 0.2) is 22.3 Å². The minimum atomic E-state index is 0.636. The molecular formula is C5H6N4. The van der Waals surface area contributed by atoms with E-state index in [1.807, 2.05) is 12.3 Å². The van der Waals surface area contributed by atoms with Gasteiger partial charge in [0, 0.05) is 12.4 Å². The van der Waals surface area contributed by atoms with E-state index in [0.717, 1.165) is 5.96 Å². The topological polar surface area (TPSA) is 40.0 Å². The number of allylic oxidation sites excluding steroid dienone is 1. The molecule has 1 N–H and O–H groups in total. The molecule has 0 radical (unpaired) electrons. The monoisotopic (exact) mass is 122 g/mol. The second-order valence-corrected chi connectivity index (χ2v) is 1.76. The van der Waals surface area contributed by atoms with Gasteiger partial charge in [0.1, 0.15) is 6.67 Å². The van der Waals surface area contributed by atoms with Crippen LogP contribution in [0, 0.1) is 0 Å². The van der Waals surface area contributed by atoms with Crippen molar-refractivity contribution in [3.05, 3.63) is 12.3 Å². The molecule has 9 heavy (non-hydrogen) atoms. The van der Waals surface area contributed by atoms with Crippen LogP contribution in [-0.4, -0.2) is 23.9 Å². The highest BCUT2D eigenvalue weighted by Crippen LogP contribution is 2.00. The SMILES string of the molecule is C1=CN2NCN=C2N=C1. The maximum absolute atomic E-state index is 4.04. The van der Waals surface area contributed by atoms with Crippen LogP contribution in [0.5, 0.6) is 0 Å². The number of hydrazine groups is 1. The second kappa shape index (κ2) is 1.66. The molecule has 0 aromatic carbocycles. The van der Waals surface area contributed by atoms with E-state index >= 15 is 0 Å². The van der Waals surface area contributed by atoms with Crippen molar-refractivity contribution in [3.8, 4) is 0 Å². The molecule has 0 amide bonds. The first-order valence-electron chi connectivity index (χ1n) is 2.75. The number of nitrogens with zero attached hydrogens (tertiary/aromatic N) is 3. The average Bonchev–Trinajstić information content (AvgIpc) is 2.33. The standard InChI is InChI=1S/C5H6N4/c1-2-6-5-7-4-8-9(5)3-1/h1-3,8H,4H2. The summed E-state index contributed by atoms with van der Waals surface area (Å²) in [6, 6.07) is 0. The number of hydrogen-bond donors (Lipinski definition) is 1. The molecule has 0 aromatic heterocycles. The van der Waals surface area contributed by atoms with E-state index in [4.69, 9.17) is 0 Å². The fourth-order valence-electron chi connectivity index (χ4n) is 0.786. The highest BCUT2D eigenvalue weighted by atomic mass is 15.6. The van der Waals surface area contributed by atoms with Crippen LogP contribution >= 0.6 is 0 Å². The molecule has 2 rings (SSSR count). The first kappa shape index (κ1) is 4.69. The van der Waals surface area contributed by atoms with E-state index in [0.29, 0.717) is 6.67 Å². The van der Waals surface area contributed by atoms with Gasteiger partial charge >= 0.3 is 0 Å². The van der Waals surface area contributed by atoms with E-state index in [1.54, 1.807) is 11.2 Å². The van der Waals surface area contributed by atoms with Gasteiger partial charge in [-0.25, -0.2) is 20.4 Å². The van der Waals surface area contributed by atoms with E-state index < -0.39 is 0 Å². The molecule has 0 aliphatic carbocycles. The van der Waals surface area contributed by atoms with Crippen molar-refractivity contribution in [1.82, 2.24) is 10.4 Å². The van der Waals surface area contributed by atoms with Crippen molar-refractivity contribution in [2.75, 3.05) is 6.67 Å². The minimum Gasteiger partial charge on any atom is -0.249 e. The molecule has 0 saturated carbocycles. The Bertz CT molecular complexity index is 200. The predicted octanol–water partition coefficient (Wildman–Crippen LogP) is -0.282. The molecule has 0 saturated heterocycles. The first-order valence-corrected chi connectivity index (χ1v) is 2.75. The number of nitrogens with one attached hydrogen (secondary N) is 1. The highest BCUT2D eigenvalue weighted by molar-refractivity contribution is 5.94. The van der Waals surface area contributed by atoms with E-state index in [2.05, 4.69) is 15.4 Å². The fraction of sp³-hybridized carbons (Fsp3) is 0.200. The largest absolute Gasteiger partial charge is 0.249 e. The maximum Gasteiger partial charge on any atom is 0.240 e. The van der Waals surface area contributed by atoms with Gasteiger partial charge < -0.3 is 0 Å². The van der Waals surface area contributed by atoms with Crippen LogP contribution in [0.25, 0.3) is 0 Å². The average molecular weight is 122 g/mol. The molecule has 4 nitrogen and oxygen atoms in total. The van der Waals surface area contributed by atoms with Crippen molar-refractivity contribution in [2.24, 2.45) is 9.98 Å². The van der Waals surface area contributed by atoms with Gasteiger partial charge in [0.15, 0.2) is 0 Å². The molecule has 2 heterocycles. The first-order chi connectivity index (χ1) is 4.47. The summed E-state index contributed by atoms with van der Waals surface area (Å²) in [6.07, 6.45) is 5.47. The Balaban J connectivity index is 2.33. The molecule has 46 valence electrons. The Hall–Kier alpha value is -1.16. The summed E-state index contributed by atoms with van der Waals surface area (Å²) < 4.78 is 0. The van der Waals surface area contributed by atoms with Gasteiger partial charge in [-0.1, -0.05) is 0 Å². The summed E-state index contributed by atoms with van der Waals surface area (Å²) in [7, 11) is 0. The Kier molecular flexibility index (Phi) is 0.868. The normalized spacial score (nSPS) is 22.2. The molecule has 0 fully saturated rings. The molecule has 2 aliphatic rings. The van der Waals surface area contributed by atoms with Crippen LogP contribution < -0.4 is 5.43 Å². The second-order valence-electron chi connectivity index (χ2n) is 1.76. The Morgan fingerprint density at radius 3 is 3.56 bits per heavy atom. The molecule has 4 heteroatoms. The van der Waals surface area contributed by atoms with E-state index in [-0.39, 0.29) is 0 Å². The Labute approximate surface area is 52.6 Å². The zero-order valence-corrected chi connectivity index (χ0v) is 4.78. The fourth-order valence-corrected chi connectivity index (χ4v) is 0.786. The van der Waals surface area contributed by atoms with Crippen LogP contribution in [0.2, 0.25) is 0 Å². The van der Waals surface area contributed by atoms with Gasteiger partial charge in [0.25, 0.3) is 0 Å². The summed E-state index contributed by atoms with van der Waals surface area (Å²) in [5.74, 6) is 0.748. The molecule has 0 spiro atoms. The summed E-state index contributed by atoms with van der Waals surface area (Å²) >= 11 is 0. The third-order valence-corrected chi connectivity index (χ3v) is 1.19. The maximum atomic E-state index is 4.04. The smallest absolute Gasteiger partial charge is 0.240 e. The molecule has 2 aliphatic heterocycles. The van der Waals surface area contributed by atoms with Crippen LogP contribution in [0.4, 0.5) is 0 Å². The lowest BCUT2D eigenvalue weighted by atomic mass is 10.6. The van der Waals surface area contributed by atoms with Crippen LogP contribution in [-0.2, 0) is 0 Å². The lowest BCUT2D eigenvalue weighted by molar-refractivity contribution is 0.448. The Morgan fingerprint density at radius 1 is 1.67 bits per heavy atom. The van der Waals surface area contributed by atoms with Gasteiger partial charge in [-0.15, -0.1) is 0 Å². The minimum absolute atomic E-state index is 0.636. The number of fused-ring (bicyclic) bond motifs is 1. The highest BCUT2D eigenvalue weighted by Gasteiger charge is 2.12. The quantitative estimate of drug-likeness (QED) is 0.480. The van der Waals surface area contributed by atoms with Crippen molar-refractivity contribution in [3.63, 3.8) is 0 Å². The number of hydrogen-bond acceptors (Lipinski definition) is 4. The summed E-state index contributed by atoms with van der Waals surface area (Å²) in [6.45, 7) is 0.636. The summed E-state index contributed by atoms with van der Waals surface area (Å²) in [5, 5.41) is 1.79. The molecular weight excluding hydrogens is 116 g/mol. The number of rotatable bonds is 0.